The van der Waals surface area contributed by atoms with E-state index in [0.717, 1.165) is 62.1 Å². The Balaban J connectivity index is 1.38. The summed E-state index contributed by atoms with van der Waals surface area (Å²) in [5, 5.41) is 0. The van der Waals surface area contributed by atoms with Gasteiger partial charge in [-0.25, -0.2) is 4.79 Å². The molecular formula is C31H47N3O5. The van der Waals surface area contributed by atoms with E-state index in [2.05, 4.69) is 22.8 Å². The molecule has 2 saturated heterocycles. The molecule has 1 aromatic carbocycles. The number of ether oxygens (including phenoxy) is 3. The van der Waals surface area contributed by atoms with Crippen molar-refractivity contribution in [1.82, 2.24) is 14.7 Å². The van der Waals surface area contributed by atoms with Crippen LogP contribution in [0.4, 0.5) is 4.79 Å². The van der Waals surface area contributed by atoms with Crippen molar-refractivity contribution in [3.8, 4) is 11.5 Å². The lowest BCUT2D eigenvalue weighted by molar-refractivity contribution is -0.149. The van der Waals surface area contributed by atoms with Gasteiger partial charge in [0.2, 0.25) is 5.91 Å². The number of piperidine rings is 1. The maximum atomic E-state index is 14.6. The Morgan fingerprint density at radius 1 is 1.03 bits per heavy atom. The highest BCUT2D eigenvalue weighted by molar-refractivity contribution is 5.83. The van der Waals surface area contributed by atoms with Crippen LogP contribution in [0, 0.1) is 11.8 Å². The maximum Gasteiger partial charge on any atom is 0.409 e. The molecular weight excluding hydrogens is 494 g/mol. The molecule has 2 aliphatic heterocycles. The zero-order valence-corrected chi connectivity index (χ0v) is 24.1. The lowest BCUT2D eigenvalue weighted by Gasteiger charge is -2.50. The van der Waals surface area contributed by atoms with E-state index in [4.69, 9.17) is 14.2 Å². The van der Waals surface area contributed by atoms with Gasteiger partial charge in [0.25, 0.3) is 0 Å². The van der Waals surface area contributed by atoms with Gasteiger partial charge in [-0.3, -0.25) is 9.69 Å². The Morgan fingerprint density at radius 3 is 2.51 bits per heavy atom. The number of unbranched alkanes of at least 4 members (excludes halogenated alkanes) is 1. The van der Waals surface area contributed by atoms with Crippen molar-refractivity contribution in [2.45, 2.75) is 95.8 Å². The first-order chi connectivity index (χ1) is 19.0. The molecule has 216 valence electrons. The lowest BCUT2D eigenvalue weighted by Crippen LogP contribution is -2.65. The van der Waals surface area contributed by atoms with E-state index in [-0.39, 0.29) is 24.0 Å². The van der Waals surface area contributed by atoms with Crippen molar-refractivity contribution in [2.24, 2.45) is 11.8 Å². The van der Waals surface area contributed by atoms with Crippen LogP contribution < -0.4 is 9.47 Å². The predicted molar refractivity (Wildman–Crippen MR) is 150 cm³/mol. The van der Waals surface area contributed by atoms with E-state index < -0.39 is 0 Å². The van der Waals surface area contributed by atoms with Gasteiger partial charge >= 0.3 is 6.09 Å². The Hall–Kier alpha value is -2.48. The molecule has 2 heterocycles. The molecule has 2 aliphatic carbocycles. The molecule has 39 heavy (non-hydrogen) atoms. The van der Waals surface area contributed by atoms with Crippen molar-refractivity contribution >= 4 is 12.0 Å². The first-order valence-electron chi connectivity index (χ1n) is 15.2. The van der Waals surface area contributed by atoms with Gasteiger partial charge < -0.3 is 24.0 Å². The molecule has 1 aromatic rings. The van der Waals surface area contributed by atoms with E-state index in [1.165, 1.54) is 25.7 Å². The monoisotopic (exact) mass is 541 g/mol. The van der Waals surface area contributed by atoms with E-state index in [0.29, 0.717) is 44.2 Å². The average Bonchev–Trinajstić information content (AvgIpc) is 3.78. The largest absolute Gasteiger partial charge is 0.497 e. The van der Waals surface area contributed by atoms with E-state index in [1.54, 1.807) is 19.1 Å². The normalized spacial score (nSPS) is 24.1. The molecule has 1 unspecified atom stereocenters. The van der Waals surface area contributed by atoms with Gasteiger partial charge in [0.15, 0.2) is 0 Å². The fourth-order valence-electron chi connectivity index (χ4n) is 6.98. The van der Waals surface area contributed by atoms with Crippen LogP contribution in [0.15, 0.2) is 18.2 Å². The summed E-state index contributed by atoms with van der Waals surface area (Å²) in [7, 11) is 3.35. The van der Waals surface area contributed by atoms with Crippen molar-refractivity contribution < 1.29 is 23.8 Å². The minimum absolute atomic E-state index is 0.102. The minimum Gasteiger partial charge on any atom is -0.497 e. The number of rotatable bonds is 11. The SMILES string of the molecule is CCCCOC(=O)N1CC(C(C(=O)N2CCC[C@H]3CCCC[C@@H]32)N(Cc2ccc(OC)cc2OC)C2CC2)C1. The molecule has 0 spiro atoms. The number of methoxy groups -OCH3 is 2. The number of amides is 2. The Kier molecular flexibility index (Phi) is 9.21. The zero-order valence-electron chi connectivity index (χ0n) is 24.1. The van der Waals surface area contributed by atoms with Crippen LogP contribution in [0.25, 0.3) is 0 Å². The molecule has 2 amide bonds. The summed E-state index contributed by atoms with van der Waals surface area (Å²) >= 11 is 0. The van der Waals surface area contributed by atoms with E-state index >= 15 is 0 Å². The fourth-order valence-corrected chi connectivity index (χ4v) is 6.98. The summed E-state index contributed by atoms with van der Waals surface area (Å²) in [4.78, 5) is 33.7. The fraction of sp³-hybridized carbons (Fsp3) is 0.742. The Bertz CT molecular complexity index is 990. The van der Waals surface area contributed by atoms with Gasteiger partial charge in [-0.2, -0.15) is 0 Å². The van der Waals surface area contributed by atoms with Crippen LogP contribution in [-0.2, 0) is 16.1 Å². The molecule has 2 saturated carbocycles. The van der Waals surface area contributed by atoms with Gasteiger partial charge in [-0.1, -0.05) is 32.3 Å². The van der Waals surface area contributed by atoms with Crippen LogP contribution in [0.3, 0.4) is 0 Å². The molecule has 8 heteroatoms. The molecule has 0 radical (unpaired) electrons. The second-order valence-corrected chi connectivity index (χ2v) is 11.9. The molecule has 8 nitrogen and oxygen atoms in total. The van der Waals surface area contributed by atoms with Gasteiger partial charge in [0.1, 0.15) is 11.5 Å². The van der Waals surface area contributed by atoms with Crippen LogP contribution in [-0.4, -0.2) is 85.3 Å². The summed E-state index contributed by atoms with van der Waals surface area (Å²) in [6.45, 7) is 5.20. The predicted octanol–water partition coefficient (Wildman–Crippen LogP) is 5.09. The first kappa shape index (κ1) is 28.1. The molecule has 0 bridgehead atoms. The highest BCUT2D eigenvalue weighted by Crippen LogP contribution is 2.40. The van der Waals surface area contributed by atoms with E-state index in [9.17, 15) is 9.59 Å². The molecule has 3 atom stereocenters. The standard InChI is InChI=1S/C31H47N3O5/c1-4-5-17-39-31(36)32-19-24(20-32)29(30(35)33-16-8-10-22-9-6-7-11-27(22)33)34(25-13-14-25)21-23-12-15-26(37-2)18-28(23)38-3/h12,15,18,22,24-25,27,29H,4-11,13-14,16-17,19-21H2,1-3H3/t22-,27+,29?/m1/s1. The quantitative estimate of drug-likeness (QED) is 0.364. The summed E-state index contributed by atoms with van der Waals surface area (Å²) < 4.78 is 16.6. The summed E-state index contributed by atoms with van der Waals surface area (Å²) in [5.41, 5.74) is 1.06. The van der Waals surface area contributed by atoms with Crippen LogP contribution in [0.2, 0.25) is 0 Å². The number of likely N-dealkylation sites (tertiary alicyclic amines) is 2. The van der Waals surface area contributed by atoms with Gasteiger partial charge in [0, 0.05) is 55.8 Å². The third-order valence-electron chi connectivity index (χ3n) is 9.34. The van der Waals surface area contributed by atoms with E-state index in [1.807, 2.05) is 12.1 Å². The molecule has 0 N–H and O–H groups in total. The number of benzene rings is 1. The van der Waals surface area contributed by atoms with Crippen LogP contribution in [0.5, 0.6) is 11.5 Å². The first-order valence-corrected chi connectivity index (χ1v) is 15.2. The summed E-state index contributed by atoms with van der Waals surface area (Å²) in [6.07, 6.45) is 11.0. The number of hydrogen-bond acceptors (Lipinski definition) is 6. The third-order valence-corrected chi connectivity index (χ3v) is 9.34. The van der Waals surface area contributed by atoms with Gasteiger partial charge in [-0.05, 0) is 56.9 Å². The van der Waals surface area contributed by atoms with Gasteiger partial charge in [0.05, 0.1) is 26.9 Å². The minimum atomic E-state index is -0.246. The number of hydrogen-bond donors (Lipinski definition) is 0. The Labute approximate surface area is 233 Å². The zero-order chi connectivity index (χ0) is 27.4. The summed E-state index contributed by atoms with van der Waals surface area (Å²) in [5.74, 6) is 2.56. The number of nitrogens with zero attached hydrogens (tertiary/aromatic N) is 3. The highest BCUT2D eigenvalue weighted by Gasteiger charge is 2.50. The second-order valence-electron chi connectivity index (χ2n) is 11.9. The number of carbonyl (C=O) groups is 2. The smallest absolute Gasteiger partial charge is 0.409 e. The molecule has 0 aromatic heterocycles. The number of carbonyl (C=O) groups excluding carboxylic acids is 2. The molecule has 4 fully saturated rings. The van der Waals surface area contributed by atoms with Gasteiger partial charge in [-0.15, -0.1) is 0 Å². The highest BCUT2D eigenvalue weighted by atomic mass is 16.6. The van der Waals surface area contributed by atoms with Crippen molar-refractivity contribution in [2.75, 3.05) is 40.5 Å². The Morgan fingerprint density at radius 2 is 1.79 bits per heavy atom. The second kappa shape index (κ2) is 12.8. The average molecular weight is 542 g/mol. The topological polar surface area (TPSA) is 71.6 Å². The summed E-state index contributed by atoms with van der Waals surface area (Å²) in [6, 6.07) is 6.45. The third kappa shape index (κ3) is 6.31. The number of fused-ring (bicyclic) bond motifs is 1. The molecule has 5 rings (SSSR count). The maximum absolute atomic E-state index is 14.6. The molecule has 4 aliphatic rings. The van der Waals surface area contributed by atoms with Crippen molar-refractivity contribution in [3.05, 3.63) is 23.8 Å². The van der Waals surface area contributed by atoms with Crippen molar-refractivity contribution in [3.63, 3.8) is 0 Å². The lowest BCUT2D eigenvalue weighted by atomic mass is 9.77. The van der Waals surface area contributed by atoms with Crippen LogP contribution >= 0.6 is 0 Å². The van der Waals surface area contributed by atoms with Crippen molar-refractivity contribution in [1.29, 1.82) is 0 Å². The van der Waals surface area contributed by atoms with Crippen LogP contribution in [0.1, 0.15) is 76.7 Å².